The maximum Gasteiger partial charge on any atom is 0.255 e. The van der Waals surface area contributed by atoms with Crippen LogP contribution in [0, 0.1) is 35.4 Å². The molecule has 0 aliphatic rings. The van der Waals surface area contributed by atoms with Gasteiger partial charge < -0.3 is 4.90 Å². The van der Waals surface area contributed by atoms with Crippen LogP contribution in [0.5, 0.6) is 0 Å². The molecule has 1 amide bonds. The number of nitriles is 2. The van der Waals surface area contributed by atoms with E-state index in [2.05, 4.69) is 0 Å². The van der Waals surface area contributed by atoms with Crippen molar-refractivity contribution in [2.45, 2.75) is 6.92 Å². The number of halogens is 1. The highest BCUT2D eigenvalue weighted by Gasteiger charge is 2.17. The third-order valence-electron chi connectivity index (χ3n) is 2.23. The SMILES string of the molecule is Cc1cc(F)ccc1C(=O)N(CC#N)CC#N. The van der Waals surface area contributed by atoms with E-state index in [0.29, 0.717) is 11.1 Å². The monoisotopic (exact) mass is 231 g/mol. The van der Waals surface area contributed by atoms with Crippen LogP contribution in [-0.4, -0.2) is 23.9 Å². The molecule has 0 atom stereocenters. The van der Waals surface area contributed by atoms with Gasteiger partial charge in [0.2, 0.25) is 0 Å². The van der Waals surface area contributed by atoms with Gasteiger partial charge in [0, 0.05) is 5.56 Å². The summed E-state index contributed by atoms with van der Waals surface area (Å²) < 4.78 is 12.9. The molecule has 0 bridgehead atoms. The summed E-state index contributed by atoms with van der Waals surface area (Å²) in [6.45, 7) is 1.28. The van der Waals surface area contributed by atoms with Crippen LogP contribution >= 0.6 is 0 Å². The van der Waals surface area contributed by atoms with Gasteiger partial charge in [-0.3, -0.25) is 4.79 Å². The highest BCUT2D eigenvalue weighted by Crippen LogP contribution is 2.12. The van der Waals surface area contributed by atoms with Crippen molar-refractivity contribution < 1.29 is 9.18 Å². The molecule has 0 fully saturated rings. The number of benzene rings is 1. The molecule has 86 valence electrons. The average molecular weight is 231 g/mol. The molecule has 0 aromatic heterocycles. The number of aryl methyl sites for hydroxylation is 1. The molecule has 0 N–H and O–H groups in total. The third-order valence-corrected chi connectivity index (χ3v) is 2.23. The summed E-state index contributed by atoms with van der Waals surface area (Å²) in [4.78, 5) is 13.1. The van der Waals surface area contributed by atoms with Crippen LogP contribution in [0.15, 0.2) is 18.2 Å². The Morgan fingerprint density at radius 2 is 1.94 bits per heavy atom. The fourth-order valence-electron chi connectivity index (χ4n) is 1.41. The van der Waals surface area contributed by atoms with Crippen molar-refractivity contribution in [2.24, 2.45) is 0 Å². The zero-order valence-corrected chi connectivity index (χ0v) is 9.27. The van der Waals surface area contributed by atoms with E-state index in [1.165, 1.54) is 18.2 Å². The minimum Gasteiger partial charge on any atom is -0.312 e. The van der Waals surface area contributed by atoms with E-state index in [0.717, 1.165) is 4.90 Å². The van der Waals surface area contributed by atoms with Crippen molar-refractivity contribution in [3.8, 4) is 12.1 Å². The summed E-state index contributed by atoms with van der Waals surface area (Å²) in [7, 11) is 0. The molecule has 0 spiro atoms. The second kappa shape index (κ2) is 5.62. The van der Waals surface area contributed by atoms with Crippen molar-refractivity contribution in [1.82, 2.24) is 4.90 Å². The molecule has 0 radical (unpaired) electrons. The van der Waals surface area contributed by atoms with Crippen LogP contribution in [0.1, 0.15) is 15.9 Å². The van der Waals surface area contributed by atoms with E-state index < -0.39 is 11.7 Å². The first kappa shape index (κ1) is 12.7. The summed E-state index contributed by atoms with van der Waals surface area (Å²) in [6, 6.07) is 7.40. The lowest BCUT2D eigenvalue weighted by atomic mass is 10.1. The number of nitrogens with zero attached hydrogens (tertiary/aromatic N) is 3. The van der Waals surface area contributed by atoms with Crippen LogP contribution in [0.25, 0.3) is 0 Å². The lowest BCUT2D eigenvalue weighted by Gasteiger charge is -2.16. The number of hydrogen-bond acceptors (Lipinski definition) is 3. The molecule has 17 heavy (non-hydrogen) atoms. The summed E-state index contributed by atoms with van der Waals surface area (Å²) >= 11 is 0. The molecular formula is C12H10FN3O. The van der Waals surface area contributed by atoms with Crippen molar-refractivity contribution in [3.63, 3.8) is 0 Å². The highest BCUT2D eigenvalue weighted by atomic mass is 19.1. The van der Waals surface area contributed by atoms with Gasteiger partial charge in [-0.25, -0.2) is 4.39 Å². The first-order valence-electron chi connectivity index (χ1n) is 4.89. The number of rotatable bonds is 3. The summed E-state index contributed by atoms with van der Waals surface area (Å²) in [6.07, 6.45) is 0. The van der Waals surface area contributed by atoms with Gasteiger partial charge in [-0.2, -0.15) is 10.5 Å². The Balaban J connectivity index is 3.02. The first-order chi connectivity index (χ1) is 8.10. The lowest BCUT2D eigenvalue weighted by Crippen LogP contribution is -2.32. The molecule has 0 aliphatic heterocycles. The van der Waals surface area contributed by atoms with Crippen LogP contribution in [0.2, 0.25) is 0 Å². The van der Waals surface area contributed by atoms with Gasteiger partial charge in [0.05, 0.1) is 12.1 Å². The molecule has 0 aliphatic carbocycles. The van der Waals surface area contributed by atoms with Gasteiger partial charge in [-0.05, 0) is 30.7 Å². The number of carbonyl (C=O) groups is 1. The van der Waals surface area contributed by atoms with Gasteiger partial charge in [-0.15, -0.1) is 0 Å². The quantitative estimate of drug-likeness (QED) is 0.742. The van der Waals surface area contributed by atoms with E-state index in [9.17, 15) is 9.18 Å². The van der Waals surface area contributed by atoms with Crippen molar-refractivity contribution >= 4 is 5.91 Å². The number of carbonyl (C=O) groups excluding carboxylic acids is 1. The zero-order chi connectivity index (χ0) is 12.8. The minimum atomic E-state index is -0.439. The van der Waals surface area contributed by atoms with E-state index >= 15 is 0 Å². The van der Waals surface area contributed by atoms with E-state index in [-0.39, 0.29) is 13.1 Å². The largest absolute Gasteiger partial charge is 0.312 e. The second-order valence-electron chi connectivity index (χ2n) is 3.44. The summed E-state index contributed by atoms with van der Waals surface area (Å²) in [5, 5.41) is 17.1. The van der Waals surface area contributed by atoms with Gasteiger partial charge in [0.15, 0.2) is 0 Å². The first-order valence-corrected chi connectivity index (χ1v) is 4.89. The Kier molecular flexibility index (Phi) is 4.19. The molecule has 0 unspecified atom stereocenters. The molecular weight excluding hydrogens is 221 g/mol. The predicted octanol–water partition coefficient (Wildman–Crippen LogP) is 1.62. The Labute approximate surface area is 98.5 Å². The van der Waals surface area contributed by atoms with Crippen LogP contribution < -0.4 is 0 Å². The van der Waals surface area contributed by atoms with Crippen LogP contribution in [-0.2, 0) is 0 Å². The second-order valence-corrected chi connectivity index (χ2v) is 3.44. The number of hydrogen-bond donors (Lipinski definition) is 0. The molecule has 4 nitrogen and oxygen atoms in total. The minimum absolute atomic E-state index is 0.163. The smallest absolute Gasteiger partial charge is 0.255 e. The van der Waals surface area contributed by atoms with Gasteiger partial charge in [0.25, 0.3) is 5.91 Å². The van der Waals surface area contributed by atoms with Crippen LogP contribution in [0.4, 0.5) is 4.39 Å². The predicted molar refractivity (Wildman–Crippen MR) is 58.3 cm³/mol. The van der Waals surface area contributed by atoms with Crippen molar-refractivity contribution in [2.75, 3.05) is 13.1 Å². The van der Waals surface area contributed by atoms with E-state index in [1.54, 1.807) is 6.92 Å². The van der Waals surface area contributed by atoms with E-state index in [4.69, 9.17) is 10.5 Å². The normalized spacial score (nSPS) is 9.18. The van der Waals surface area contributed by atoms with Crippen molar-refractivity contribution in [1.29, 1.82) is 10.5 Å². The Bertz CT molecular complexity index is 497. The molecule has 1 aromatic carbocycles. The van der Waals surface area contributed by atoms with Gasteiger partial charge in [-0.1, -0.05) is 0 Å². The van der Waals surface area contributed by atoms with Crippen molar-refractivity contribution in [3.05, 3.63) is 35.1 Å². The third kappa shape index (κ3) is 3.02. The molecule has 5 heteroatoms. The van der Waals surface area contributed by atoms with Crippen LogP contribution in [0.3, 0.4) is 0 Å². The molecule has 1 aromatic rings. The summed E-state index contributed by atoms with van der Waals surface area (Å²) in [5.41, 5.74) is 0.785. The van der Waals surface area contributed by atoms with E-state index in [1.807, 2.05) is 12.1 Å². The molecule has 0 heterocycles. The Hall–Kier alpha value is -2.40. The maximum atomic E-state index is 12.9. The molecule has 0 saturated carbocycles. The topological polar surface area (TPSA) is 67.9 Å². The van der Waals surface area contributed by atoms with Gasteiger partial charge in [0.1, 0.15) is 18.9 Å². The fraction of sp³-hybridized carbons (Fsp3) is 0.250. The summed E-state index contributed by atoms with van der Waals surface area (Å²) in [5.74, 6) is -0.864. The Morgan fingerprint density at radius 3 is 2.41 bits per heavy atom. The Morgan fingerprint density at radius 1 is 1.35 bits per heavy atom. The zero-order valence-electron chi connectivity index (χ0n) is 9.27. The van der Waals surface area contributed by atoms with Gasteiger partial charge >= 0.3 is 0 Å². The molecule has 0 saturated heterocycles. The number of amides is 1. The molecule has 1 rings (SSSR count). The standard InChI is InChI=1S/C12H10FN3O/c1-9-8-10(13)2-3-11(9)12(17)16(6-4-14)7-5-15/h2-3,8H,6-7H2,1H3. The maximum absolute atomic E-state index is 12.9. The lowest BCUT2D eigenvalue weighted by molar-refractivity contribution is 0.0794. The fourth-order valence-corrected chi connectivity index (χ4v) is 1.41. The average Bonchev–Trinajstić information content (AvgIpc) is 2.28. The highest BCUT2D eigenvalue weighted by molar-refractivity contribution is 5.95.